The SMILES string of the molecule is Cc1cc(F)ccc1S(=O)(=O)OC(C)C(=O)O. The molecule has 0 aliphatic heterocycles. The van der Waals surface area contributed by atoms with Crippen molar-refractivity contribution < 1.29 is 26.9 Å². The number of carbonyl (C=O) groups is 1. The fourth-order valence-electron chi connectivity index (χ4n) is 1.18. The maximum atomic E-state index is 12.8. The minimum absolute atomic E-state index is 0.155. The second kappa shape index (κ2) is 4.80. The molecule has 17 heavy (non-hydrogen) atoms. The van der Waals surface area contributed by atoms with E-state index in [4.69, 9.17) is 5.11 Å². The molecule has 0 saturated heterocycles. The molecule has 1 rings (SSSR count). The minimum Gasteiger partial charge on any atom is -0.479 e. The standard InChI is InChI=1S/C10H11FO5S/c1-6-5-8(11)3-4-9(6)17(14,15)16-7(2)10(12)13/h3-5,7H,1-2H3,(H,12,13). The lowest BCUT2D eigenvalue weighted by atomic mass is 10.2. The Morgan fingerprint density at radius 2 is 2.06 bits per heavy atom. The van der Waals surface area contributed by atoms with Gasteiger partial charge in [0, 0.05) is 0 Å². The molecule has 1 atom stereocenters. The van der Waals surface area contributed by atoms with Crippen LogP contribution >= 0.6 is 0 Å². The highest BCUT2D eigenvalue weighted by Crippen LogP contribution is 2.19. The lowest BCUT2D eigenvalue weighted by molar-refractivity contribution is -0.144. The van der Waals surface area contributed by atoms with Gasteiger partial charge < -0.3 is 5.11 Å². The maximum absolute atomic E-state index is 12.8. The molecule has 0 radical (unpaired) electrons. The zero-order valence-corrected chi connectivity index (χ0v) is 9.99. The lowest BCUT2D eigenvalue weighted by Gasteiger charge is -2.10. The Morgan fingerprint density at radius 3 is 2.53 bits per heavy atom. The molecule has 1 aromatic rings. The van der Waals surface area contributed by atoms with Crippen LogP contribution in [0.25, 0.3) is 0 Å². The van der Waals surface area contributed by atoms with Gasteiger partial charge in [0.1, 0.15) is 5.82 Å². The molecule has 0 aliphatic rings. The van der Waals surface area contributed by atoms with E-state index < -0.39 is 28.0 Å². The van der Waals surface area contributed by atoms with Gasteiger partial charge in [-0.05, 0) is 37.6 Å². The van der Waals surface area contributed by atoms with Crippen LogP contribution in [-0.4, -0.2) is 25.6 Å². The number of hydrogen-bond acceptors (Lipinski definition) is 4. The molecule has 1 aromatic carbocycles. The number of hydrogen-bond donors (Lipinski definition) is 1. The van der Waals surface area contributed by atoms with Crippen molar-refractivity contribution in [1.29, 1.82) is 0 Å². The second-order valence-corrected chi connectivity index (χ2v) is 4.98. The number of halogens is 1. The number of benzene rings is 1. The Kier molecular flexibility index (Phi) is 3.84. The Bertz CT molecular complexity index is 538. The summed E-state index contributed by atoms with van der Waals surface area (Å²) >= 11 is 0. The summed E-state index contributed by atoms with van der Waals surface area (Å²) in [6.45, 7) is 2.49. The molecule has 0 aromatic heterocycles. The fourth-order valence-corrected chi connectivity index (χ4v) is 2.43. The maximum Gasteiger partial charge on any atom is 0.334 e. The van der Waals surface area contributed by atoms with Gasteiger partial charge in [0.25, 0.3) is 10.1 Å². The molecule has 0 heterocycles. The van der Waals surface area contributed by atoms with Gasteiger partial charge in [-0.15, -0.1) is 0 Å². The summed E-state index contributed by atoms with van der Waals surface area (Å²) < 4.78 is 40.6. The van der Waals surface area contributed by atoms with E-state index in [2.05, 4.69) is 4.18 Å². The van der Waals surface area contributed by atoms with Crippen molar-refractivity contribution >= 4 is 16.1 Å². The van der Waals surface area contributed by atoms with Crippen molar-refractivity contribution in [3.8, 4) is 0 Å². The van der Waals surface area contributed by atoms with Crippen LogP contribution in [0.15, 0.2) is 23.1 Å². The van der Waals surface area contributed by atoms with Crippen molar-refractivity contribution in [3.05, 3.63) is 29.6 Å². The zero-order valence-electron chi connectivity index (χ0n) is 9.18. The molecule has 7 heteroatoms. The predicted octanol–water partition coefficient (Wildman–Crippen LogP) is 1.31. The fraction of sp³-hybridized carbons (Fsp3) is 0.300. The summed E-state index contributed by atoms with van der Waals surface area (Å²) in [5, 5.41) is 8.56. The van der Waals surface area contributed by atoms with Crippen LogP contribution in [0.5, 0.6) is 0 Å². The highest BCUT2D eigenvalue weighted by Gasteiger charge is 2.24. The summed E-state index contributed by atoms with van der Waals surface area (Å²) in [4.78, 5) is 10.3. The highest BCUT2D eigenvalue weighted by atomic mass is 32.2. The Labute approximate surface area is 98.0 Å². The van der Waals surface area contributed by atoms with E-state index in [0.717, 1.165) is 25.1 Å². The van der Waals surface area contributed by atoms with Crippen molar-refractivity contribution in [2.75, 3.05) is 0 Å². The Morgan fingerprint density at radius 1 is 1.47 bits per heavy atom. The van der Waals surface area contributed by atoms with Crippen LogP contribution in [0.1, 0.15) is 12.5 Å². The van der Waals surface area contributed by atoms with Gasteiger partial charge in [-0.1, -0.05) is 0 Å². The van der Waals surface area contributed by atoms with Crippen LogP contribution in [-0.2, 0) is 19.1 Å². The largest absolute Gasteiger partial charge is 0.479 e. The number of rotatable bonds is 4. The van der Waals surface area contributed by atoms with Crippen LogP contribution in [0.3, 0.4) is 0 Å². The summed E-state index contributed by atoms with van der Waals surface area (Å²) in [7, 11) is -4.20. The molecule has 5 nitrogen and oxygen atoms in total. The number of carboxylic acid groups (broad SMARTS) is 1. The molecular formula is C10H11FO5S. The van der Waals surface area contributed by atoms with E-state index in [0.29, 0.717) is 0 Å². The molecule has 1 N–H and O–H groups in total. The van der Waals surface area contributed by atoms with Crippen LogP contribution in [0.2, 0.25) is 0 Å². The van der Waals surface area contributed by atoms with Gasteiger partial charge in [-0.25, -0.2) is 9.18 Å². The van der Waals surface area contributed by atoms with Crippen molar-refractivity contribution in [2.45, 2.75) is 24.8 Å². The molecule has 0 aliphatic carbocycles. The smallest absolute Gasteiger partial charge is 0.334 e. The first-order valence-corrected chi connectivity index (χ1v) is 6.07. The van der Waals surface area contributed by atoms with Crippen molar-refractivity contribution in [2.24, 2.45) is 0 Å². The lowest BCUT2D eigenvalue weighted by Crippen LogP contribution is -2.24. The van der Waals surface area contributed by atoms with E-state index in [1.54, 1.807) is 0 Å². The molecule has 94 valence electrons. The molecular weight excluding hydrogens is 251 g/mol. The molecule has 0 fully saturated rings. The topological polar surface area (TPSA) is 80.7 Å². The normalized spacial score (nSPS) is 13.4. The first-order chi connectivity index (χ1) is 7.74. The van der Waals surface area contributed by atoms with E-state index in [-0.39, 0.29) is 10.5 Å². The van der Waals surface area contributed by atoms with Crippen LogP contribution in [0.4, 0.5) is 4.39 Å². The first-order valence-electron chi connectivity index (χ1n) is 4.66. The van der Waals surface area contributed by atoms with E-state index >= 15 is 0 Å². The summed E-state index contributed by atoms with van der Waals surface area (Å²) in [5.41, 5.74) is 0.155. The molecule has 0 saturated carbocycles. The predicted molar refractivity (Wildman–Crippen MR) is 56.5 cm³/mol. The van der Waals surface area contributed by atoms with E-state index in [9.17, 15) is 17.6 Å². The third kappa shape index (κ3) is 3.24. The van der Waals surface area contributed by atoms with Gasteiger partial charge >= 0.3 is 5.97 Å². The zero-order chi connectivity index (χ0) is 13.2. The summed E-state index contributed by atoms with van der Waals surface area (Å²) in [6.07, 6.45) is -1.50. The monoisotopic (exact) mass is 262 g/mol. The van der Waals surface area contributed by atoms with Gasteiger partial charge in [-0.3, -0.25) is 4.18 Å². The number of carboxylic acids is 1. The third-order valence-electron chi connectivity index (χ3n) is 2.03. The molecule has 0 amide bonds. The van der Waals surface area contributed by atoms with Crippen molar-refractivity contribution in [1.82, 2.24) is 0 Å². The second-order valence-electron chi connectivity index (χ2n) is 3.44. The van der Waals surface area contributed by atoms with Crippen molar-refractivity contribution in [3.63, 3.8) is 0 Å². The van der Waals surface area contributed by atoms with Gasteiger partial charge in [0.2, 0.25) is 0 Å². The van der Waals surface area contributed by atoms with Gasteiger partial charge in [-0.2, -0.15) is 8.42 Å². The molecule has 0 spiro atoms. The molecule has 1 unspecified atom stereocenters. The van der Waals surface area contributed by atoms with Gasteiger partial charge in [0.05, 0.1) is 4.90 Å². The molecule has 0 bridgehead atoms. The Hall–Kier alpha value is -1.47. The van der Waals surface area contributed by atoms with Crippen LogP contribution in [0, 0.1) is 12.7 Å². The number of aliphatic carboxylic acids is 1. The van der Waals surface area contributed by atoms with Crippen LogP contribution < -0.4 is 0 Å². The quantitative estimate of drug-likeness (QED) is 0.827. The highest BCUT2D eigenvalue weighted by molar-refractivity contribution is 7.86. The summed E-state index contributed by atoms with van der Waals surface area (Å²) in [6, 6.07) is 3.03. The average molecular weight is 262 g/mol. The minimum atomic E-state index is -4.20. The number of aryl methyl sites for hydroxylation is 1. The third-order valence-corrected chi connectivity index (χ3v) is 3.56. The summed E-state index contributed by atoms with van der Waals surface area (Å²) in [5.74, 6) is -1.97. The Balaban J connectivity index is 3.10. The average Bonchev–Trinajstić information content (AvgIpc) is 2.15. The van der Waals surface area contributed by atoms with E-state index in [1.807, 2.05) is 0 Å². The van der Waals surface area contributed by atoms with Gasteiger partial charge in [0.15, 0.2) is 6.10 Å². The first kappa shape index (κ1) is 13.6. The van der Waals surface area contributed by atoms with E-state index in [1.165, 1.54) is 6.92 Å².